The third kappa shape index (κ3) is 3.40. The van der Waals surface area contributed by atoms with Gasteiger partial charge in [0.05, 0.1) is 22.3 Å². The van der Waals surface area contributed by atoms with E-state index in [9.17, 15) is 0 Å². The molecule has 1 aromatic rings. The molecule has 0 unspecified atom stereocenters. The van der Waals surface area contributed by atoms with Gasteiger partial charge >= 0.3 is 0 Å². The van der Waals surface area contributed by atoms with Gasteiger partial charge < -0.3 is 4.90 Å². The Morgan fingerprint density at radius 3 is 2.73 bits per heavy atom. The molecule has 0 aromatic carbocycles. The number of aromatic nitrogens is 1. The lowest BCUT2D eigenvalue weighted by Gasteiger charge is -2.20. The first-order chi connectivity index (χ1) is 7.20. The zero-order chi connectivity index (χ0) is 11.3. The van der Waals surface area contributed by atoms with E-state index in [0.29, 0.717) is 22.5 Å². The molecule has 0 bridgehead atoms. The summed E-state index contributed by atoms with van der Waals surface area (Å²) in [6.07, 6.45) is 2.64. The van der Waals surface area contributed by atoms with E-state index >= 15 is 0 Å². The van der Waals surface area contributed by atoms with Crippen molar-refractivity contribution in [3.63, 3.8) is 0 Å². The van der Waals surface area contributed by atoms with E-state index < -0.39 is 0 Å². The largest absolute Gasteiger partial charge is 0.373 e. The number of alkyl halides is 2. The van der Waals surface area contributed by atoms with Crippen molar-refractivity contribution >= 4 is 40.5 Å². The van der Waals surface area contributed by atoms with Crippen molar-refractivity contribution in [1.82, 2.24) is 4.98 Å². The second-order valence-electron chi connectivity index (χ2n) is 3.19. The van der Waals surface area contributed by atoms with Gasteiger partial charge in [0, 0.05) is 25.7 Å². The molecular weight excluding hydrogens is 254 g/mol. The molecule has 2 nitrogen and oxygen atoms in total. The minimum atomic E-state index is 0.329. The number of rotatable bonds is 5. The maximum absolute atomic E-state index is 6.16. The normalized spacial score (nSPS) is 10.4. The van der Waals surface area contributed by atoms with E-state index in [0.717, 1.165) is 18.7 Å². The van der Waals surface area contributed by atoms with Crippen LogP contribution in [0.1, 0.15) is 12.1 Å². The van der Waals surface area contributed by atoms with Crippen molar-refractivity contribution in [1.29, 1.82) is 0 Å². The van der Waals surface area contributed by atoms with Crippen LogP contribution in [-0.4, -0.2) is 24.5 Å². The van der Waals surface area contributed by atoms with Gasteiger partial charge in [-0.3, -0.25) is 4.98 Å². The zero-order valence-electron chi connectivity index (χ0n) is 8.51. The summed E-state index contributed by atoms with van der Waals surface area (Å²) in [4.78, 5) is 6.16. The molecule has 0 fully saturated rings. The predicted molar refractivity (Wildman–Crippen MR) is 67.4 cm³/mol. The monoisotopic (exact) mass is 266 g/mol. The molecule has 0 spiro atoms. The highest BCUT2D eigenvalue weighted by Gasteiger charge is 2.09. The molecule has 0 aliphatic heterocycles. The molecule has 0 radical (unpaired) electrons. The molecule has 0 amide bonds. The Morgan fingerprint density at radius 1 is 1.40 bits per heavy atom. The fourth-order valence-corrected chi connectivity index (χ4v) is 1.99. The lowest BCUT2D eigenvalue weighted by Crippen LogP contribution is -2.19. The SMILES string of the molecule is CN(CCCCl)c1ccnc(CCl)c1Cl. The third-order valence-corrected chi connectivity index (χ3v) is 3.04. The van der Waals surface area contributed by atoms with Crippen molar-refractivity contribution in [3.05, 3.63) is 23.0 Å². The molecule has 0 aliphatic carbocycles. The van der Waals surface area contributed by atoms with Crippen LogP contribution in [0.5, 0.6) is 0 Å². The van der Waals surface area contributed by atoms with Crippen LogP contribution in [0.15, 0.2) is 12.3 Å². The van der Waals surface area contributed by atoms with Gasteiger partial charge in [-0.25, -0.2) is 0 Å². The van der Waals surface area contributed by atoms with Crippen LogP contribution >= 0.6 is 34.8 Å². The Balaban J connectivity index is 2.83. The molecule has 0 saturated carbocycles. The van der Waals surface area contributed by atoms with Crippen molar-refractivity contribution < 1.29 is 0 Å². The Labute approximate surface area is 105 Å². The minimum absolute atomic E-state index is 0.329. The number of halogens is 3. The summed E-state index contributed by atoms with van der Waals surface area (Å²) in [7, 11) is 1.98. The van der Waals surface area contributed by atoms with E-state index in [4.69, 9.17) is 34.8 Å². The molecule has 0 saturated heterocycles. The van der Waals surface area contributed by atoms with Gasteiger partial charge in [-0.1, -0.05) is 11.6 Å². The van der Waals surface area contributed by atoms with Gasteiger partial charge in [0.2, 0.25) is 0 Å². The Bertz CT molecular complexity index is 318. The van der Waals surface area contributed by atoms with E-state index in [1.807, 2.05) is 13.1 Å². The highest BCUT2D eigenvalue weighted by Crippen LogP contribution is 2.27. The summed E-state index contributed by atoms with van der Waals surface area (Å²) in [6, 6.07) is 1.88. The minimum Gasteiger partial charge on any atom is -0.373 e. The lowest BCUT2D eigenvalue weighted by atomic mass is 10.3. The van der Waals surface area contributed by atoms with Gasteiger partial charge in [-0.2, -0.15) is 0 Å². The molecule has 5 heteroatoms. The number of nitrogens with zero attached hydrogens (tertiary/aromatic N) is 2. The first-order valence-corrected chi connectivity index (χ1v) is 6.11. The van der Waals surface area contributed by atoms with Crippen LogP contribution in [-0.2, 0) is 5.88 Å². The van der Waals surface area contributed by atoms with E-state index in [2.05, 4.69) is 9.88 Å². The quantitative estimate of drug-likeness (QED) is 0.759. The summed E-state index contributed by atoms with van der Waals surface area (Å²) >= 11 is 17.5. The number of anilines is 1. The van der Waals surface area contributed by atoms with Crippen LogP contribution in [0.3, 0.4) is 0 Å². The van der Waals surface area contributed by atoms with Crippen LogP contribution in [0.4, 0.5) is 5.69 Å². The van der Waals surface area contributed by atoms with Gasteiger partial charge in [0.25, 0.3) is 0 Å². The summed E-state index contributed by atoms with van der Waals surface area (Å²) in [5.41, 5.74) is 1.67. The van der Waals surface area contributed by atoms with Crippen molar-refractivity contribution in [2.24, 2.45) is 0 Å². The Hall–Kier alpha value is -0.180. The molecule has 1 heterocycles. The summed E-state index contributed by atoms with van der Waals surface area (Å²) in [5, 5.41) is 0.629. The van der Waals surface area contributed by atoms with Crippen molar-refractivity contribution in [3.8, 4) is 0 Å². The van der Waals surface area contributed by atoms with Crippen LogP contribution in [0.25, 0.3) is 0 Å². The lowest BCUT2D eigenvalue weighted by molar-refractivity contribution is 0.854. The molecule has 15 heavy (non-hydrogen) atoms. The molecule has 0 N–H and O–H groups in total. The highest BCUT2D eigenvalue weighted by molar-refractivity contribution is 6.34. The highest BCUT2D eigenvalue weighted by atomic mass is 35.5. The third-order valence-electron chi connectivity index (χ3n) is 2.11. The van der Waals surface area contributed by atoms with E-state index in [-0.39, 0.29) is 0 Å². The summed E-state index contributed by atoms with van der Waals surface area (Å²) in [5.74, 6) is 0.978. The van der Waals surface area contributed by atoms with Gasteiger partial charge in [0.15, 0.2) is 0 Å². The number of hydrogen-bond donors (Lipinski definition) is 0. The summed E-state index contributed by atoms with van der Waals surface area (Å²) in [6.45, 7) is 0.870. The molecule has 1 rings (SSSR count). The number of pyridine rings is 1. The standard InChI is InChI=1S/C10H13Cl3N2/c1-15(6-2-4-11)9-3-5-14-8(7-12)10(9)13/h3,5H,2,4,6-7H2,1H3. The summed E-state index contributed by atoms with van der Waals surface area (Å²) < 4.78 is 0. The topological polar surface area (TPSA) is 16.1 Å². The Kier molecular flexibility index (Phi) is 5.51. The zero-order valence-corrected chi connectivity index (χ0v) is 10.8. The Morgan fingerprint density at radius 2 is 2.13 bits per heavy atom. The maximum atomic E-state index is 6.16. The predicted octanol–water partition coefficient (Wildman–Crippen LogP) is 3.54. The van der Waals surface area contributed by atoms with E-state index in [1.54, 1.807) is 6.20 Å². The average Bonchev–Trinajstić information content (AvgIpc) is 2.26. The second kappa shape index (κ2) is 6.41. The second-order valence-corrected chi connectivity index (χ2v) is 4.21. The molecule has 0 atom stereocenters. The molecular formula is C10H13Cl3N2. The average molecular weight is 268 g/mol. The van der Waals surface area contributed by atoms with E-state index in [1.165, 1.54) is 0 Å². The fraction of sp³-hybridized carbons (Fsp3) is 0.500. The molecule has 84 valence electrons. The maximum Gasteiger partial charge on any atom is 0.0867 e. The fourth-order valence-electron chi connectivity index (χ4n) is 1.28. The molecule has 0 aliphatic rings. The van der Waals surface area contributed by atoms with Gasteiger partial charge in [-0.05, 0) is 12.5 Å². The van der Waals surface area contributed by atoms with Crippen LogP contribution in [0, 0.1) is 0 Å². The first-order valence-electron chi connectivity index (χ1n) is 4.67. The van der Waals surface area contributed by atoms with Gasteiger partial charge in [0.1, 0.15) is 0 Å². The van der Waals surface area contributed by atoms with Gasteiger partial charge in [-0.15, -0.1) is 23.2 Å². The van der Waals surface area contributed by atoms with Crippen LogP contribution < -0.4 is 4.90 Å². The van der Waals surface area contributed by atoms with Crippen molar-refractivity contribution in [2.45, 2.75) is 12.3 Å². The first kappa shape index (κ1) is 12.9. The smallest absolute Gasteiger partial charge is 0.0867 e. The van der Waals surface area contributed by atoms with Crippen molar-refractivity contribution in [2.75, 3.05) is 24.4 Å². The van der Waals surface area contributed by atoms with Crippen LogP contribution in [0.2, 0.25) is 5.02 Å². The molecule has 1 aromatic heterocycles. The number of hydrogen-bond acceptors (Lipinski definition) is 2.